The van der Waals surface area contributed by atoms with Gasteiger partial charge in [0.2, 0.25) is 0 Å². The van der Waals surface area contributed by atoms with Crippen molar-refractivity contribution in [3.63, 3.8) is 0 Å². The molecule has 7 heteroatoms. The van der Waals surface area contributed by atoms with E-state index in [0.29, 0.717) is 22.6 Å². The Morgan fingerprint density at radius 1 is 1.00 bits per heavy atom. The number of hydrazone groups is 1. The average Bonchev–Trinajstić information content (AvgIpc) is 2.79. The first-order chi connectivity index (χ1) is 16.2. The summed E-state index contributed by atoms with van der Waals surface area (Å²) in [5.41, 5.74) is 6.49. The summed E-state index contributed by atoms with van der Waals surface area (Å²) in [7, 11) is 0. The van der Waals surface area contributed by atoms with Crippen molar-refractivity contribution in [2.75, 3.05) is 6.61 Å². The lowest BCUT2D eigenvalue weighted by molar-refractivity contribution is -0.123. The number of amides is 1. The van der Waals surface area contributed by atoms with Crippen molar-refractivity contribution in [3.8, 4) is 11.5 Å². The second-order valence-corrected chi connectivity index (χ2v) is 9.13. The Bertz CT molecular complexity index is 1220. The summed E-state index contributed by atoms with van der Waals surface area (Å²) in [4.78, 5) is 24.8. The lowest BCUT2D eigenvalue weighted by atomic mass is 10.0. The van der Waals surface area contributed by atoms with E-state index in [0.717, 1.165) is 21.2 Å². The molecule has 176 valence electrons. The number of carbonyl (C=O) groups is 2. The molecule has 0 aliphatic rings. The van der Waals surface area contributed by atoms with Crippen LogP contribution in [0.5, 0.6) is 11.5 Å². The third-order valence-electron chi connectivity index (χ3n) is 4.97. The number of carbonyl (C=O) groups excluding carboxylic acids is 2. The molecular weight excluding hydrogens is 496 g/mol. The van der Waals surface area contributed by atoms with Gasteiger partial charge in [-0.2, -0.15) is 5.10 Å². The first-order valence-corrected chi connectivity index (χ1v) is 11.7. The number of hydrogen-bond donors (Lipinski definition) is 1. The van der Waals surface area contributed by atoms with Gasteiger partial charge in [-0.25, -0.2) is 10.2 Å². The van der Waals surface area contributed by atoms with Crippen molar-refractivity contribution in [3.05, 3.63) is 93.0 Å². The number of hydrogen-bond acceptors (Lipinski definition) is 5. The van der Waals surface area contributed by atoms with Crippen LogP contribution in [0, 0.1) is 13.8 Å². The molecule has 1 N–H and O–H groups in total. The second-order valence-electron chi connectivity index (χ2n) is 8.22. The van der Waals surface area contributed by atoms with Crippen LogP contribution in [0.25, 0.3) is 0 Å². The van der Waals surface area contributed by atoms with Crippen LogP contribution in [-0.4, -0.2) is 24.7 Å². The van der Waals surface area contributed by atoms with Gasteiger partial charge in [0.15, 0.2) is 6.61 Å². The first-order valence-electron chi connectivity index (χ1n) is 10.9. The summed E-state index contributed by atoms with van der Waals surface area (Å²) in [5.74, 6) is 0.406. The molecule has 0 bridgehead atoms. The fourth-order valence-electron chi connectivity index (χ4n) is 3.24. The summed E-state index contributed by atoms with van der Waals surface area (Å²) >= 11 is 3.40. The summed E-state index contributed by atoms with van der Waals surface area (Å²) in [6, 6.07) is 18.3. The van der Waals surface area contributed by atoms with Crippen LogP contribution >= 0.6 is 15.9 Å². The predicted molar refractivity (Wildman–Crippen MR) is 137 cm³/mol. The van der Waals surface area contributed by atoms with Gasteiger partial charge in [0.25, 0.3) is 5.91 Å². The van der Waals surface area contributed by atoms with Gasteiger partial charge in [0.1, 0.15) is 11.5 Å². The average molecular weight is 523 g/mol. The normalized spacial score (nSPS) is 11.0. The Labute approximate surface area is 208 Å². The molecule has 0 radical (unpaired) electrons. The topological polar surface area (TPSA) is 77.0 Å². The highest BCUT2D eigenvalue weighted by molar-refractivity contribution is 9.10. The zero-order chi connectivity index (χ0) is 24.7. The number of nitrogens with one attached hydrogen (secondary N) is 1. The van der Waals surface area contributed by atoms with Gasteiger partial charge in [0.05, 0.1) is 11.8 Å². The molecule has 0 saturated carbocycles. The first kappa shape index (κ1) is 25.2. The quantitative estimate of drug-likeness (QED) is 0.172. The molecule has 0 aliphatic carbocycles. The van der Waals surface area contributed by atoms with Crippen LogP contribution in [0.15, 0.2) is 70.2 Å². The molecule has 3 aromatic rings. The summed E-state index contributed by atoms with van der Waals surface area (Å²) in [6.45, 7) is 7.85. The summed E-state index contributed by atoms with van der Waals surface area (Å²) in [6.07, 6.45) is 1.42. The Hall–Kier alpha value is -3.45. The van der Waals surface area contributed by atoms with Crippen LogP contribution in [0.4, 0.5) is 0 Å². The van der Waals surface area contributed by atoms with E-state index in [1.165, 1.54) is 6.21 Å². The van der Waals surface area contributed by atoms with Gasteiger partial charge in [-0.3, -0.25) is 4.79 Å². The van der Waals surface area contributed by atoms with Crippen LogP contribution in [0.1, 0.15) is 52.4 Å². The number of benzene rings is 3. The van der Waals surface area contributed by atoms with E-state index in [1.54, 1.807) is 36.4 Å². The maximum atomic E-state index is 12.5. The second kappa shape index (κ2) is 11.6. The van der Waals surface area contributed by atoms with E-state index in [9.17, 15) is 9.59 Å². The fourth-order valence-corrected chi connectivity index (χ4v) is 3.62. The molecule has 34 heavy (non-hydrogen) atoms. The molecule has 6 nitrogen and oxygen atoms in total. The Morgan fingerprint density at radius 3 is 2.50 bits per heavy atom. The molecule has 0 atom stereocenters. The van der Waals surface area contributed by atoms with E-state index >= 15 is 0 Å². The van der Waals surface area contributed by atoms with Gasteiger partial charge in [-0.15, -0.1) is 0 Å². The van der Waals surface area contributed by atoms with E-state index in [2.05, 4.69) is 40.3 Å². The van der Waals surface area contributed by atoms with Crippen LogP contribution in [0.3, 0.4) is 0 Å². The third-order valence-corrected chi connectivity index (χ3v) is 5.46. The Balaban J connectivity index is 1.64. The van der Waals surface area contributed by atoms with E-state index in [4.69, 9.17) is 9.47 Å². The number of rotatable bonds is 8. The zero-order valence-corrected chi connectivity index (χ0v) is 21.2. The number of aryl methyl sites for hydroxylation is 2. The molecule has 0 spiro atoms. The van der Waals surface area contributed by atoms with Crippen molar-refractivity contribution in [1.82, 2.24) is 5.43 Å². The Morgan fingerprint density at radius 2 is 1.76 bits per heavy atom. The molecular formula is C27H27BrN2O4. The largest absolute Gasteiger partial charge is 0.483 e. The van der Waals surface area contributed by atoms with Crippen LogP contribution < -0.4 is 14.9 Å². The molecule has 0 aliphatic heterocycles. The zero-order valence-electron chi connectivity index (χ0n) is 19.6. The minimum absolute atomic E-state index is 0.172. The fraction of sp³-hybridized carbons (Fsp3) is 0.222. The highest BCUT2D eigenvalue weighted by Gasteiger charge is 2.13. The molecule has 0 saturated heterocycles. The monoisotopic (exact) mass is 522 g/mol. The maximum Gasteiger partial charge on any atom is 0.343 e. The van der Waals surface area contributed by atoms with Crippen LogP contribution in [0.2, 0.25) is 0 Å². The summed E-state index contributed by atoms with van der Waals surface area (Å²) < 4.78 is 12.1. The van der Waals surface area contributed by atoms with E-state index < -0.39 is 11.9 Å². The van der Waals surface area contributed by atoms with Crippen molar-refractivity contribution in [1.29, 1.82) is 0 Å². The lowest BCUT2D eigenvalue weighted by Crippen LogP contribution is -2.25. The van der Waals surface area contributed by atoms with Crippen molar-refractivity contribution in [2.45, 2.75) is 33.6 Å². The van der Waals surface area contributed by atoms with Gasteiger partial charge in [0, 0.05) is 10.0 Å². The van der Waals surface area contributed by atoms with Crippen molar-refractivity contribution in [2.24, 2.45) is 5.10 Å². The van der Waals surface area contributed by atoms with Crippen LogP contribution in [-0.2, 0) is 4.79 Å². The molecule has 1 amide bonds. The van der Waals surface area contributed by atoms with E-state index in [-0.39, 0.29) is 12.5 Å². The minimum Gasteiger partial charge on any atom is -0.483 e. The van der Waals surface area contributed by atoms with Gasteiger partial charge >= 0.3 is 5.97 Å². The predicted octanol–water partition coefficient (Wildman–Crippen LogP) is 5.94. The number of nitrogens with zero attached hydrogens (tertiary/aromatic N) is 1. The highest BCUT2D eigenvalue weighted by atomic mass is 79.9. The Kier molecular flexibility index (Phi) is 8.60. The standard InChI is InChI=1S/C27H27BrN2O4/c1-17(2)23-10-8-19(4)13-25(23)33-16-26(31)30-29-15-21-14-22(28)9-11-24(21)34-27(32)20-7-5-6-18(3)12-20/h5-15,17H,16H2,1-4H3,(H,30,31). The molecule has 0 fully saturated rings. The third kappa shape index (κ3) is 7.02. The number of esters is 1. The minimum atomic E-state index is -0.475. The van der Waals surface area contributed by atoms with Crippen molar-refractivity contribution < 1.29 is 19.1 Å². The highest BCUT2D eigenvalue weighted by Crippen LogP contribution is 2.27. The van der Waals surface area contributed by atoms with E-state index in [1.807, 2.05) is 38.1 Å². The lowest BCUT2D eigenvalue weighted by Gasteiger charge is -2.14. The maximum absolute atomic E-state index is 12.5. The smallest absolute Gasteiger partial charge is 0.343 e. The van der Waals surface area contributed by atoms with Crippen molar-refractivity contribution >= 4 is 34.0 Å². The molecule has 0 heterocycles. The SMILES string of the molecule is Cc1cccc(C(=O)Oc2ccc(Br)cc2C=NNC(=O)COc2cc(C)ccc2C(C)C)c1. The molecule has 3 aromatic carbocycles. The summed E-state index contributed by atoms with van der Waals surface area (Å²) in [5, 5.41) is 4.01. The number of halogens is 1. The molecule has 0 unspecified atom stereocenters. The molecule has 3 rings (SSSR count). The number of ether oxygens (including phenoxy) is 2. The van der Waals surface area contributed by atoms with Gasteiger partial charge < -0.3 is 9.47 Å². The van der Waals surface area contributed by atoms with Gasteiger partial charge in [-0.05, 0) is 67.3 Å². The van der Waals surface area contributed by atoms with Gasteiger partial charge in [-0.1, -0.05) is 59.6 Å². The molecule has 0 aromatic heterocycles.